The molecule has 2 rings (SSSR count). The first-order chi connectivity index (χ1) is 17.0. The van der Waals surface area contributed by atoms with Crippen molar-refractivity contribution in [2.24, 2.45) is 5.41 Å². The average Bonchev–Trinajstić information content (AvgIpc) is 2.70. The van der Waals surface area contributed by atoms with Crippen molar-refractivity contribution in [2.75, 3.05) is 4.90 Å². The van der Waals surface area contributed by atoms with Crippen molar-refractivity contribution in [1.29, 1.82) is 0 Å². The van der Waals surface area contributed by atoms with Crippen LogP contribution in [0.2, 0.25) is 28.3 Å². The number of carbonyl (C=O) groups excluding carboxylic acids is 1. The van der Waals surface area contributed by atoms with Gasteiger partial charge in [0.15, 0.2) is 14.9 Å². The number of halogens is 3. The maximum Gasteiger partial charge on any atom is 0.420 e. The summed E-state index contributed by atoms with van der Waals surface area (Å²) in [6, 6.07) is 4.88. The number of amides is 1. The number of hydrogen-bond donors (Lipinski definition) is 0. The number of aromatic nitrogens is 2. The van der Waals surface area contributed by atoms with Gasteiger partial charge in [-0.2, -0.15) is 0 Å². The second-order valence-corrected chi connectivity index (χ2v) is 14.9. The van der Waals surface area contributed by atoms with E-state index in [0.29, 0.717) is 28.5 Å². The zero-order chi connectivity index (χ0) is 28.3. The number of aryl methyl sites for hydroxylation is 1. The molecule has 2 aromatic rings. The summed E-state index contributed by atoms with van der Waals surface area (Å²) in [5, 5.41) is 0.925. The van der Waals surface area contributed by atoms with Gasteiger partial charge in [0.1, 0.15) is 16.6 Å². The van der Waals surface area contributed by atoms with Gasteiger partial charge in [-0.25, -0.2) is 19.7 Å². The number of allylic oxidation sites excluding steroid dienone is 1. The number of benzene rings is 1. The van der Waals surface area contributed by atoms with Crippen molar-refractivity contribution in [3.63, 3.8) is 0 Å². The first-order valence-electron chi connectivity index (χ1n) is 12.2. The predicted molar refractivity (Wildman–Crippen MR) is 157 cm³/mol. The van der Waals surface area contributed by atoms with E-state index in [4.69, 9.17) is 48.9 Å². The van der Waals surface area contributed by atoms with Crippen molar-refractivity contribution < 1.29 is 14.0 Å². The summed E-state index contributed by atoms with van der Waals surface area (Å²) < 4.78 is 12.4. The van der Waals surface area contributed by atoms with Gasteiger partial charge in [0.2, 0.25) is 0 Å². The molecule has 0 aliphatic heterocycles. The number of ether oxygens (including phenoxy) is 1. The molecule has 2 atom stereocenters. The van der Waals surface area contributed by atoms with Crippen LogP contribution in [0.3, 0.4) is 0 Å². The molecule has 1 aromatic carbocycles. The molecule has 0 fully saturated rings. The van der Waals surface area contributed by atoms with Crippen molar-refractivity contribution in [2.45, 2.75) is 85.6 Å². The van der Waals surface area contributed by atoms with Gasteiger partial charge in [0.05, 0.1) is 16.8 Å². The molecule has 0 radical (unpaired) electrons. The summed E-state index contributed by atoms with van der Waals surface area (Å²) in [5.41, 5.74) is -0.107. The molecule has 2 unspecified atom stereocenters. The number of hydrogen-bond acceptors (Lipinski definition) is 5. The van der Waals surface area contributed by atoms with E-state index in [9.17, 15) is 4.79 Å². The minimum absolute atomic E-state index is 0.233. The van der Waals surface area contributed by atoms with E-state index in [1.165, 1.54) is 4.90 Å². The molecule has 0 saturated heterocycles. The van der Waals surface area contributed by atoms with Gasteiger partial charge in [0.25, 0.3) is 0 Å². The highest BCUT2D eigenvalue weighted by Crippen LogP contribution is 2.45. The first-order valence-corrected chi connectivity index (χ1v) is 16.2. The van der Waals surface area contributed by atoms with Gasteiger partial charge in [-0.1, -0.05) is 61.7 Å². The van der Waals surface area contributed by atoms with Crippen LogP contribution in [0.15, 0.2) is 30.9 Å². The number of carbonyl (C=O) groups is 1. The number of anilines is 2. The van der Waals surface area contributed by atoms with Crippen LogP contribution in [0, 0.1) is 12.3 Å². The Morgan fingerprint density at radius 2 is 1.76 bits per heavy atom. The van der Waals surface area contributed by atoms with Crippen LogP contribution in [0.25, 0.3) is 0 Å². The minimum Gasteiger partial charge on any atom is -0.443 e. The third-order valence-electron chi connectivity index (χ3n) is 5.36. The fourth-order valence-electron chi connectivity index (χ4n) is 4.06. The third-order valence-corrected chi connectivity index (χ3v) is 7.02. The van der Waals surface area contributed by atoms with Crippen molar-refractivity contribution in [3.05, 3.63) is 57.4 Å². The molecule has 0 saturated carbocycles. The van der Waals surface area contributed by atoms with Crippen LogP contribution in [-0.2, 0) is 9.16 Å². The molecule has 10 heteroatoms. The van der Waals surface area contributed by atoms with Crippen LogP contribution >= 0.6 is 34.8 Å². The van der Waals surface area contributed by atoms with Gasteiger partial charge in [-0.15, -0.1) is 6.58 Å². The molecule has 0 aliphatic carbocycles. The Bertz CT molecular complexity index is 1130. The molecular weight excluding hydrogens is 549 g/mol. The third kappa shape index (κ3) is 8.42. The smallest absolute Gasteiger partial charge is 0.420 e. The highest BCUT2D eigenvalue weighted by molar-refractivity contribution is 6.48. The molecule has 0 aliphatic rings. The Kier molecular flexibility index (Phi) is 10.6. The van der Waals surface area contributed by atoms with Crippen molar-refractivity contribution in [3.8, 4) is 0 Å². The minimum atomic E-state index is -1.48. The van der Waals surface area contributed by atoms with Crippen molar-refractivity contribution >= 4 is 61.4 Å². The number of rotatable bonds is 8. The van der Waals surface area contributed by atoms with Gasteiger partial charge in [-0.05, 0) is 70.8 Å². The first kappa shape index (κ1) is 31.6. The molecule has 0 bridgehead atoms. The highest BCUT2D eigenvalue weighted by Gasteiger charge is 2.40. The second-order valence-electron chi connectivity index (χ2n) is 11.3. The van der Waals surface area contributed by atoms with Crippen LogP contribution in [0.1, 0.15) is 65.3 Å². The summed E-state index contributed by atoms with van der Waals surface area (Å²) in [6.45, 7) is 21.7. The highest BCUT2D eigenvalue weighted by atomic mass is 35.5. The summed E-state index contributed by atoms with van der Waals surface area (Å²) in [6.07, 6.45) is 1.44. The standard InChI is InChI=1S/C27H38Cl3N3O3Si/c1-11-12-18(22(26(3,4)5)36-37(9)10)21-23(30)31-16(2)32-24(21)33(25(34)35-27(6,7)8)20-14-13-17(28)15-19(20)29/h11,13-15,18,22,37H,1,12H2,2-10H3. The van der Waals surface area contributed by atoms with E-state index in [1.807, 2.05) is 6.08 Å². The molecule has 1 heterocycles. The fourth-order valence-corrected chi connectivity index (χ4v) is 6.08. The molecule has 6 nitrogen and oxygen atoms in total. The molecule has 37 heavy (non-hydrogen) atoms. The Hall–Kier alpha value is -1.64. The topological polar surface area (TPSA) is 64.6 Å². The maximum atomic E-state index is 13.8. The summed E-state index contributed by atoms with van der Waals surface area (Å²) in [7, 11) is -1.48. The molecule has 1 aromatic heterocycles. The van der Waals surface area contributed by atoms with E-state index in [0.717, 1.165) is 0 Å². The Balaban J connectivity index is 2.94. The van der Waals surface area contributed by atoms with Gasteiger partial charge < -0.3 is 9.16 Å². The van der Waals surface area contributed by atoms with Gasteiger partial charge in [-0.3, -0.25) is 0 Å². The van der Waals surface area contributed by atoms with Crippen LogP contribution < -0.4 is 4.90 Å². The number of nitrogens with zero attached hydrogens (tertiary/aromatic N) is 3. The van der Waals surface area contributed by atoms with Gasteiger partial charge >= 0.3 is 6.09 Å². The van der Waals surface area contributed by atoms with Crippen LogP contribution in [-0.4, -0.2) is 36.8 Å². The molecule has 1 amide bonds. The van der Waals surface area contributed by atoms with Crippen molar-refractivity contribution in [1.82, 2.24) is 9.97 Å². The van der Waals surface area contributed by atoms with E-state index in [2.05, 4.69) is 45.4 Å². The average molecular weight is 587 g/mol. The summed E-state index contributed by atoms with van der Waals surface area (Å²) in [4.78, 5) is 24.3. The zero-order valence-corrected chi connectivity index (χ0v) is 26.6. The van der Waals surface area contributed by atoms with E-state index in [1.54, 1.807) is 45.9 Å². The largest absolute Gasteiger partial charge is 0.443 e. The molecule has 204 valence electrons. The lowest BCUT2D eigenvalue weighted by Gasteiger charge is -2.40. The Morgan fingerprint density at radius 1 is 1.14 bits per heavy atom. The lowest BCUT2D eigenvalue weighted by Crippen LogP contribution is -2.40. The fraction of sp³-hybridized carbons (Fsp3) is 0.519. The second kappa shape index (κ2) is 12.5. The maximum absolute atomic E-state index is 13.8. The predicted octanol–water partition coefficient (Wildman–Crippen LogP) is 8.89. The Morgan fingerprint density at radius 3 is 2.24 bits per heavy atom. The molecule has 0 N–H and O–H groups in total. The van der Waals surface area contributed by atoms with Gasteiger partial charge in [0, 0.05) is 16.5 Å². The lowest BCUT2D eigenvalue weighted by molar-refractivity contribution is 0.0582. The Labute approximate surface area is 238 Å². The quantitative estimate of drug-likeness (QED) is 0.176. The van der Waals surface area contributed by atoms with Crippen LogP contribution in [0.4, 0.5) is 16.3 Å². The normalized spacial score (nSPS) is 13.9. The monoisotopic (exact) mass is 585 g/mol. The van der Waals surface area contributed by atoms with E-state index >= 15 is 0 Å². The van der Waals surface area contributed by atoms with E-state index < -0.39 is 20.7 Å². The zero-order valence-electron chi connectivity index (χ0n) is 23.2. The summed E-state index contributed by atoms with van der Waals surface area (Å²) in [5.74, 6) is 0.379. The lowest BCUT2D eigenvalue weighted by atomic mass is 9.77. The SMILES string of the molecule is C=CCC(c1c(Cl)nc(C)nc1N(C(=O)OC(C)(C)C)c1ccc(Cl)cc1Cl)C(O[SiH](C)C)C(C)(C)C. The molecule has 0 spiro atoms. The molecular formula is C27H38Cl3N3O3Si. The summed E-state index contributed by atoms with van der Waals surface area (Å²) >= 11 is 19.7. The van der Waals surface area contributed by atoms with E-state index in [-0.39, 0.29) is 33.4 Å². The van der Waals surface area contributed by atoms with Crippen LogP contribution in [0.5, 0.6) is 0 Å².